The summed E-state index contributed by atoms with van der Waals surface area (Å²) in [5.74, 6) is -51.5. The fraction of sp³-hybridized carbons (Fsp3) is 1.00. The average Bonchev–Trinajstić information content (AvgIpc) is 2.79. The van der Waals surface area contributed by atoms with Crippen molar-refractivity contribution in [2.75, 3.05) is 40.3 Å². The van der Waals surface area contributed by atoms with Gasteiger partial charge in [0.1, 0.15) is 0 Å². The molecule has 0 saturated heterocycles. The Bertz CT molecular complexity index is 1170. The summed E-state index contributed by atoms with van der Waals surface area (Å²) >= 11 is 0. The number of nitrogens with zero attached hydrogens (tertiary/aromatic N) is 1. The highest BCUT2D eigenvalue weighted by Gasteiger charge is 2.96. The Labute approximate surface area is 238 Å². The molecule has 27 heteroatoms. The normalized spacial score (nSPS) is 15.6. The lowest BCUT2D eigenvalue weighted by atomic mass is 9.91. The van der Waals surface area contributed by atoms with Crippen LogP contribution in [0.2, 0.25) is 0 Å². The standard InChI is InChI=1S/C15H18F17N2O2S.C2H6O4S/c1-4-34(2,3)7-5-6-33-37(35,36)15(31,32)13(26,27)11(22,23)9(18,19)8(16,17)10(20,21)12(24,25)14(28,29)30;1-2-6-7(3,4)5/h33H,4-7H2,1-3H3;2H2,1H3,(H,3,4,5)/q+1;/p-1. The highest BCUT2D eigenvalue weighted by Crippen LogP contribution is 2.64. The number of halogens is 17. The van der Waals surface area contributed by atoms with Crippen LogP contribution in [0.1, 0.15) is 20.3 Å². The first kappa shape index (κ1) is 44.7. The van der Waals surface area contributed by atoms with E-state index < -0.39 is 80.4 Å². The van der Waals surface area contributed by atoms with E-state index in [0.717, 1.165) is 0 Å². The largest absolute Gasteiger partial charge is 0.726 e. The maximum absolute atomic E-state index is 13.9. The van der Waals surface area contributed by atoms with Crippen molar-refractivity contribution in [3.8, 4) is 0 Å². The second-order valence-electron chi connectivity index (χ2n) is 9.00. The molecule has 8 nitrogen and oxygen atoms in total. The smallest absolute Gasteiger partial charge is 0.460 e. The number of alkyl halides is 17. The Hall–Kier alpha value is -1.45. The molecule has 0 aromatic carbocycles. The van der Waals surface area contributed by atoms with Gasteiger partial charge in [-0.3, -0.25) is 4.18 Å². The monoisotopic (exact) mass is 738 g/mol. The summed E-state index contributed by atoms with van der Waals surface area (Å²) in [6.07, 6.45) is -8.36. The number of rotatable bonds is 15. The zero-order valence-electron chi connectivity index (χ0n) is 22.2. The van der Waals surface area contributed by atoms with Crippen molar-refractivity contribution >= 4 is 20.4 Å². The molecule has 0 aliphatic rings. The number of nitrogens with one attached hydrogen (secondary N) is 1. The molecule has 0 fully saturated rings. The molecule has 1 N–H and O–H groups in total. The SMILES string of the molecule is CCOS(=O)(=O)[O-].CC[N+](C)(C)CCCNS(=O)(=O)C(F)(F)C(F)(F)C(F)(F)C(F)(F)C(F)(F)C(F)(F)C(F)(F)C(F)(F)F. The van der Waals surface area contributed by atoms with E-state index in [0.29, 0.717) is 11.3 Å². The van der Waals surface area contributed by atoms with E-state index in [1.807, 2.05) is 0 Å². The van der Waals surface area contributed by atoms with Crippen molar-refractivity contribution < 1.29 is 105 Å². The first-order valence-electron chi connectivity index (χ1n) is 11.0. The van der Waals surface area contributed by atoms with E-state index in [9.17, 15) is 96.0 Å². The number of hydrogen-bond acceptors (Lipinski definition) is 6. The van der Waals surface area contributed by atoms with Gasteiger partial charge in [0.2, 0.25) is 10.4 Å². The van der Waals surface area contributed by atoms with Gasteiger partial charge in [0.15, 0.2) is 0 Å². The number of hydrogen-bond donors (Lipinski definition) is 1. The Kier molecular flexibility index (Phi) is 13.6. The van der Waals surface area contributed by atoms with Gasteiger partial charge in [-0.25, -0.2) is 21.6 Å². The Balaban J connectivity index is 0. The molecule has 0 aromatic rings. The molecular formula is C17H23F17N2O6S2. The van der Waals surface area contributed by atoms with E-state index in [1.165, 1.54) is 21.0 Å². The molecule has 0 radical (unpaired) electrons. The van der Waals surface area contributed by atoms with E-state index in [1.54, 1.807) is 6.92 Å². The molecule has 0 saturated carbocycles. The van der Waals surface area contributed by atoms with Crippen LogP contribution in [0.5, 0.6) is 0 Å². The molecule has 0 unspecified atom stereocenters. The van der Waals surface area contributed by atoms with Gasteiger partial charge in [0.25, 0.3) is 10.0 Å². The van der Waals surface area contributed by atoms with Crippen LogP contribution < -0.4 is 4.72 Å². The molecule has 44 heavy (non-hydrogen) atoms. The third-order valence-corrected chi connectivity index (χ3v) is 7.42. The van der Waals surface area contributed by atoms with Crippen molar-refractivity contribution in [3.63, 3.8) is 0 Å². The summed E-state index contributed by atoms with van der Waals surface area (Å²) in [5, 5.41) is -7.53. The molecule has 0 atom stereocenters. The third kappa shape index (κ3) is 8.47. The summed E-state index contributed by atoms with van der Waals surface area (Å²) < 4.78 is 280. The van der Waals surface area contributed by atoms with Gasteiger partial charge in [-0.1, -0.05) is 0 Å². The van der Waals surface area contributed by atoms with Gasteiger partial charge in [-0.15, -0.1) is 0 Å². The minimum Gasteiger partial charge on any atom is -0.726 e. The lowest BCUT2D eigenvalue weighted by molar-refractivity contribution is -0.888. The molecule has 0 aliphatic heterocycles. The predicted molar refractivity (Wildman–Crippen MR) is 111 cm³/mol. The maximum Gasteiger partial charge on any atom is 0.460 e. The van der Waals surface area contributed by atoms with Crippen LogP contribution in [0.15, 0.2) is 0 Å². The lowest BCUT2D eigenvalue weighted by Gasteiger charge is -2.42. The fourth-order valence-corrected chi connectivity index (χ4v) is 3.77. The van der Waals surface area contributed by atoms with Gasteiger partial charge in [-0.05, 0) is 13.8 Å². The summed E-state index contributed by atoms with van der Waals surface area (Å²) in [6.45, 7) is 1.88. The van der Waals surface area contributed by atoms with Gasteiger partial charge in [0, 0.05) is 13.0 Å². The minimum absolute atomic E-state index is 0.0461. The summed E-state index contributed by atoms with van der Waals surface area (Å²) in [5.41, 5.74) is 0. The van der Waals surface area contributed by atoms with Crippen molar-refractivity contribution in [1.29, 1.82) is 0 Å². The van der Waals surface area contributed by atoms with Gasteiger partial charge < -0.3 is 9.04 Å². The van der Waals surface area contributed by atoms with E-state index in [-0.39, 0.29) is 17.6 Å². The Morgan fingerprint density at radius 1 is 0.636 bits per heavy atom. The van der Waals surface area contributed by atoms with Crippen LogP contribution in [-0.2, 0) is 24.6 Å². The molecule has 0 heterocycles. The van der Waals surface area contributed by atoms with Gasteiger partial charge >= 0.3 is 47.0 Å². The molecule has 0 amide bonds. The Morgan fingerprint density at radius 3 is 1.25 bits per heavy atom. The third-order valence-electron chi connectivity index (χ3n) is 5.38. The van der Waals surface area contributed by atoms with E-state index in [2.05, 4.69) is 4.18 Å². The topological polar surface area (TPSA) is 113 Å². The van der Waals surface area contributed by atoms with Crippen LogP contribution in [-0.4, -0.2) is 113 Å². The summed E-state index contributed by atoms with van der Waals surface area (Å²) in [7, 11) is -8.69. The highest BCUT2D eigenvalue weighted by molar-refractivity contribution is 7.90. The first-order chi connectivity index (χ1) is 18.8. The second kappa shape index (κ2) is 13.3. The fourth-order valence-electron chi connectivity index (χ4n) is 2.42. The lowest BCUT2D eigenvalue weighted by Crippen LogP contribution is -2.75. The quantitative estimate of drug-likeness (QED) is 0.0847. The second-order valence-corrected chi connectivity index (χ2v) is 11.9. The molecule has 268 valence electrons. The molecule has 0 bridgehead atoms. The van der Waals surface area contributed by atoms with E-state index >= 15 is 0 Å². The van der Waals surface area contributed by atoms with Crippen molar-refractivity contribution in [3.05, 3.63) is 0 Å². The van der Waals surface area contributed by atoms with E-state index in [4.69, 9.17) is 0 Å². The molecule has 0 spiro atoms. The van der Waals surface area contributed by atoms with Crippen LogP contribution in [0.25, 0.3) is 0 Å². The molecule has 0 rings (SSSR count). The minimum atomic E-state index is -8.83. The summed E-state index contributed by atoms with van der Waals surface area (Å²) in [4.78, 5) is 0. The number of quaternary nitrogens is 1. The van der Waals surface area contributed by atoms with Crippen molar-refractivity contribution in [2.45, 2.75) is 67.2 Å². The van der Waals surface area contributed by atoms with Crippen LogP contribution in [0.3, 0.4) is 0 Å². The molecular weight excluding hydrogens is 715 g/mol. The average molecular weight is 738 g/mol. The maximum atomic E-state index is 13.9. The van der Waals surface area contributed by atoms with Gasteiger partial charge in [0.05, 0.1) is 33.8 Å². The van der Waals surface area contributed by atoms with Crippen molar-refractivity contribution in [2.24, 2.45) is 0 Å². The molecule has 0 aliphatic carbocycles. The van der Waals surface area contributed by atoms with Crippen molar-refractivity contribution in [1.82, 2.24) is 4.72 Å². The summed E-state index contributed by atoms with van der Waals surface area (Å²) in [6, 6.07) is 0. The molecule has 0 aromatic heterocycles. The highest BCUT2D eigenvalue weighted by atomic mass is 32.3. The zero-order valence-corrected chi connectivity index (χ0v) is 23.8. The predicted octanol–water partition coefficient (Wildman–Crippen LogP) is 4.84. The Morgan fingerprint density at radius 2 is 0.977 bits per heavy atom. The van der Waals surface area contributed by atoms with Crippen LogP contribution in [0.4, 0.5) is 74.6 Å². The van der Waals surface area contributed by atoms with Crippen LogP contribution >= 0.6 is 0 Å². The number of sulfonamides is 1. The van der Waals surface area contributed by atoms with Gasteiger partial charge in [-0.2, -0.15) is 74.6 Å². The zero-order chi connectivity index (χ0) is 36.4. The first-order valence-corrected chi connectivity index (χ1v) is 13.8. The van der Waals surface area contributed by atoms with Crippen LogP contribution in [0, 0.1) is 0 Å².